The number of rotatable bonds is 1. The Kier molecular flexibility index (Phi) is 3.06. The molecule has 0 radical (unpaired) electrons. The molecule has 0 saturated heterocycles. The van der Waals surface area contributed by atoms with Gasteiger partial charge < -0.3 is 9.64 Å². The van der Waals surface area contributed by atoms with Crippen molar-refractivity contribution in [1.29, 1.82) is 0 Å². The minimum Gasteiger partial charge on any atom is -0.489 e. The summed E-state index contributed by atoms with van der Waals surface area (Å²) in [6, 6.07) is 4.01. The summed E-state index contributed by atoms with van der Waals surface area (Å²) in [6.07, 6.45) is 0. The lowest BCUT2D eigenvalue weighted by atomic mass is 10.1. The van der Waals surface area contributed by atoms with E-state index in [0.717, 1.165) is 22.6 Å². The second kappa shape index (κ2) is 4.34. The molecule has 16 heavy (non-hydrogen) atoms. The number of ether oxygens (including phenoxy) is 1. The van der Waals surface area contributed by atoms with E-state index in [9.17, 15) is 4.79 Å². The number of benzene rings is 1. The third-order valence-corrected chi connectivity index (χ3v) is 2.90. The molecule has 1 heterocycles. The minimum atomic E-state index is -0.0729. The standard InChI is InChI=1S/C12H14ClNO2/c1-8-5-9(2)12-10(6-8)14(3-4-16-12)11(15)7-13/h5-6H,3-4,7H2,1-2H3. The van der Waals surface area contributed by atoms with Crippen molar-refractivity contribution in [3.8, 4) is 5.75 Å². The Labute approximate surface area is 100.0 Å². The molecule has 1 aliphatic heterocycles. The third-order valence-electron chi connectivity index (χ3n) is 2.67. The molecule has 86 valence electrons. The maximum atomic E-state index is 11.7. The number of fused-ring (bicyclic) bond motifs is 1. The number of carbonyl (C=O) groups is 1. The van der Waals surface area contributed by atoms with Crippen LogP contribution in [0.5, 0.6) is 5.75 Å². The second-order valence-corrected chi connectivity index (χ2v) is 4.22. The van der Waals surface area contributed by atoms with Gasteiger partial charge in [0, 0.05) is 0 Å². The first kappa shape index (κ1) is 11.3. The van der Waals surface area contributed by atoms with E-state index in [1.165, 1.54) is 0 Å². The van der Waals surface area contributed by atoms with Crippen LogP contribution in [0.4, 0.5) is 5.69 Å². The van der Waals surface area contributed by atoms with E-state index in [2.05, 4.69) is 0 Å². The van der Waals surface area contributed by atoms with Gasteiger partial charge in [0.05, 0.1) is 12.2 Å². The molecule has 0 fully saturated rings. The molecule has 1 aliphatic rings. The first-order valence-corrected chi connectivity index (χ1v) is 5.77. The molecule has 0 unspecified atom stereocenters. The van der Waals surface area contributed by atoms with E-state index in [1.807, 2.05) is 26.0 Å². The van der Waals surface area contributed by atoms with E-state index in [1.54, 1.807) is 4.90 Å². The number of halogens is 1. The highest BCUT2D eigenvalue weighted by atomic mass is 35.5. The lowest BCUT2D eigenvalue weighted by Gasteiger charge is -2.30. The van der Waals surface area contributed by atoms with Gasteiger partial charge in [-0.2, -0.15) is 0 Å². The second-order valence-electron chi connectivity index (χ2n) is 3.96. The molecular weight excluding hydrogens is 226 g/mol. The number of hydrogen-bond donors (Lipinski definition) is 0. The zero-order valence-electron chi connectivity index (χ0n) is 9.42. The Bertz CT molecular complexity index is 431. The van der Waals surface area contributed by atoms with Crippen molar-refractivity contribution in [1.82, 2.24) is 0 Å². The molecule has 0 N–H and O–H groups in total. The van der Waals surface area contributed by atoms with Crippen LogP contribution < -0.4 is 9.64 Å². The predicted molar refractivity (Wildman–Crippen MR) is 64.5 cm³/mol. The van der Waals surface area contributed by atoms with E-state index in [4.69, 9.17) is 16.3 Å². The summed E-state index contributed by atoms with van der Waals surface area (Å²) in [6.45, 7) is 5.09. The summed E-state index contributed by atoms with van der Waals surface area (Å²) in [7, 11) is 0. The van der Waals surface area contributed by atoms with Crippen LogP contribution in [0.1, 0.15) is 11.1 Å². The van der Waals surface area contributed by atoms with Crippen molar-refractivity contribution in [2.24, 2.45) is 0 Å². The molecule has 3 nitrogen and oxygen atoms in total. The maximum absolute atomic E-state index is 11.7. The van der Waals surface area contributed by atoms with Crippen molar-refractivity contribution < 1.29 is 9.53 Å². The average Bonchev–Trinajstić information content (AvgIpc) is 2.27. The van der Waals surface area contributed by atoms with Crippen LogP contribution in [0.3, 0.4) is 0 Å². The molecule has 0 saturated carbocycles. The number of hydrogen-bond acceptors (Lipinski definition) is 2. The van der Waals surface area contributed by atoms with Gasteiger partial charge in [-0.3, -0.25) is 4.79 Å². The van der Waals surface area contributed by atoms with E-state index in [-0.39, 0.29) is 11.8 Å². The normalized spacial score (nSPS) is 14.3. The number of anilines is 1. The third kappa shape index (κ3) is 1.87. The molecule has 4 heteroatoms. The van der Waals surface area contributed by atoms with Crippen LogP contribution >= 0.6 is 11.6 Å². The summed E-state index contributed by atoms with van der Waals surface area (Å²) in [4.78, 5) is 13.4. The van der Waals surface area contributed by atoms with Crippen LogP contribution in [-0.4, -0.2) is 24.9 Å². The Morgan fingerprint density at radius 3 is 2.94 bits per heavy atom. The lowest BCUT2D eigenvalue weighted by Crippen LogP contribution is -2.38. The lowest BCUT2D eigenvalue weighted by molar-refractivity contribution is -0.116. The molecule has 0 atom stereocenters. The smallest absolute Gasteiger partial charge is 0.242 e. The van der Waals surface area contributed by atoms with Crippen LogP contribution in [-0.2, 0) is 4.79 Å². The first-order valence-electron chi connectivity index (χ1n) is 5.24. The van der Waals surface area contributed by atoms with Crippen molar-refractivity contribution in [3.05, 3.63) is 23.3 Å². The van der Waals surface area contributed by atoms with Gasteiger partial charge in [-0.05, 0) is 31.0 Å². The Balaban J connectivity index is 2.49. The van der Waals surface area contributed by atoms with Gasteiger partial charge in [0.2, 0.25) is 5.91 Å². The summed E-state index contributed by atoms with van der Waals surface area (Å²) in [5.41, 5.74) is 3.02. The highest BCUT2D eigenvalue weighted by Crippen LogP contribution is 2.35. The number of aryl methyl sites for hydroxylation is 2. The van der Waals surface area contributed by atoms with Crippen LogP contribution in [0.15, 0.2) is 12.1 Å². The molecule has 0 spiro atoms. The van der Waals surface area contributed by atoms with Crippen LogP contribution in [0.25, 0.3) is 0 Å². The number of carbonyl (C=O) groups excluding carboxylic acids is 1. The summed E-state index contributed by atoms with van der Waals surface area (Å²) in [5.74, 6) is 0.735. The van der Waals surface area contributed by atoms with Gasteiger partial charge in [-0.1, -0.05) is 6.07 Å². The molecule has 0 bridgehead atoms. The molecule has 2 rings (SSSR count). The molecule has 1 amide bonds. The quantitative estimate of drug-likeness (QED) is 0.704. The Hall–Kier alpha value is -1.22. The van der Waals surface area contributed by atoms with Crippen LogP contribution in [0, 0.1) is 13.8 Å². The maximum Gasteiger partial charge on any atom is 0.242 e. The van der Waals surface area contributed by atoms with Crippen molar-refractivity contribution >= 4 is 23.2 Å². The monoisotopic (exact) mass is 239 g/mol. The summed E-state index contributed by atoms with van der Waals surface area (Å²) >= 11 is 5.60. The van der Waals surface area contributed by atoms with Gasteiger partial charge in [0.15, 0.2) is 0 Å². The largest absolute Gasteiger partial charge is 0.489 e. The average molecular weight is 240 g/mol. The van der Waals surface area contributed by atoms with Crippen molar-refractivity contribution in [3.63, 3.8) is 0 Å². The Morgan fingerprint density at radius 1 is 1.50 bits per heavy atom. The minimum absolute atomic E-state index is 0.00638. The van der Waals surface area contributed by atoms with Gasteiger partial charge in [-0.15, -0.1) is 11.6 Å². The fourth-order valence-corrected chi connectivity index (χ4v) is 2.16. The SMILES string of the molecule is Cc1cc(C)c2c(c1)N(C(=O)CCl)CCO2. The molecule has 0 aromatic heterocycles. The van der Waals surface area contributed by atoms with Gasteiger partial charge in [-0.25, -0.2) is 0 Å². The highest BCUT2D eigenvalue weighted by Gasteiger charge is 2.24. The highest BCUT2D eigenvalue weighted by molar-refractivity contribution is 6.29. The fraction of sp³-hybridized carbons (Fsp3) is 0.417. The van der Waals surface area contributed by atoms with E-state index >= 15 is 0 Å². The topological polar surface area (TPSA) is 29.5 Å². The van der Waals surface area contributed by atoms with Gasteiger partial charge in [0.1, 0.15) is 18.2 Å². The van der Waals surface area contributed by atoms with Gasteiger partial charge in [0.25, 0.3) is 0 Å². The summed E-state index contributed by atoms with van der Waals surface area (Å²) < 4.78 is 5.60. The zero-order chi connectivity index (χ0) is 11.7. The van der Waals surface area contributed by atoms with E-state index in [0.29, 0.717) is 13.2 Å². The fourth-order valence-electron chi connectivity index (χ4n) is 2.01. The zero-order valence-corrected chi connectivity index (χ0v) is 10.2. The molecule has 1 aromatic carbocycles. The number of alkyl halides is 1. The van der Waals surface area contributed by atoms with Crippen LogP contribution in [0.2, 0.25) is 0 Å². The first-order chi connectivity index (χ1) is 7.63. The van der Waals surface area contributed by atoms with Crippen molar-refractivity contribution in [2.75, 3.05) is 23.9 Å². The molecular formula is C12H14ClNO2. The predicted octanol–water partition coefficient (Wildman–Crippen LogP) is 2.27. The number of amides is 1. The van der Waals surface area contributed by atoms with E-state index < -0.39 is 0 Å². The number of nitrogens with zero attached hydrogens (tertiary/aromatic N) is 1. The van der Waals surface area contributed by atoms with Gasteiger partial charge >= 0.3 is 0 Å². The molecule has 0 aliphatic carbocycles. The summed E-state index contributed by atoms with van der Waals surface area (Å²) in [5, 5.41) is 0. The van der Waals surface area contributed by atoms with Crippen molar-refractivity contribution in [2.45, 2.75) is 13.8 Å². The Morgan fingerprint density at radius 2 is 2.25 bits per heavy atom. The molecule has 1 aromatic rings.